The van der Waals surface area contributed by atoms with Crippen molar-refractivity contribution in [3.8, 4) is 34.4 Å². The van der Waals surface area contributed by atoms with Crippen LogP contribution in [0.1, 0.15) is 139 Å². The highest BCUT2D eigenvalue weighted by Gasteiger charge is 2.30. The monoisotopic (exact) mass is 818 g/mol. The number of nitriles is 1. The lowest BCUT2D eigenvalue weighted by atomic mass is 9.87. The molecule has 3 aromatic carbocycles. The summed E-state index contributed by atoms with van der Waals surface area (Å²) >= 11 is 0. The Hall–Kier alpha value is -4.38. The maximum absolute atomic E-state index is 15.7. The molecule has 3 aliphatic carbocycles. The van der Waals surface area contributed by atoms with E-state index in [1.54, 1.807) is 12.1 Å². The zero-order valence-electron chi connectivity index (χ0n) is 36.8. The summed E-state index contributed by atoms with van der Waals surface area (Å²) in [4.78, 5) is 0. The molecule has 6 nitrogen and oxygen atoms in total. The average Bonchev–Trinajstić information content (AvgIpc) is 3.89. The number of aliphatic hydroxyl groups is 2. The molecule has 1 saturated carbocycles. The molecule has 0 amide bonds. The molecule has 7 heteroatoms. The number of unbranched alkanes of at least 4 members (excludes halogenated alkanes) is 1. The summed E-state index contributed by atoms with van der Waals surface area (Å²) in [6.07, 6.45) is 21.5. The van der Waals surface area contributed by atoms with Crippen LogP contribution in [-0.2, 0) is 19.3 Å². The first-order valence-electron chi connectivity index (χ1n) is 22.7. The summed E-state index contributed by atoms with van der Waals surface area (Å²) in [5.41, 5.74) is 8.61. The number of allylic oxidation sites excluding steroid dienone is 4. The number of hydrogen-bond acceptors (Lipinski definition) is 6. The number of ether oxygens (including phenoxy) is 3. The number of hydrogen-bond donors (Lipinski definition) is 2. The van der Waals surface area contributed by atoms with Crippen LogP contribution in [0.25, 0.3) is 11.1 Å². The summed E-state index contributed by atoms with van der Waals surface area (Å²) in [6, 6.07) is 16.0. The van der Waals surface area contributed by atoms with Crippen LogP contribution in [0.5, 0.6) is 17.2 Å². The number of fused-ring (bicyclic) bond motifs is 1. The molecular weight excluding hydrogens is 750 g/mol. The zero-order valence-corrected chi connectivity index (χ0v) is 36.8. The van der Waals surface area contributed by atoms with Crippen molar-refractivity contribution in [2.45, 2.75) is 143 Å². The van der Waals surface area contributed by atoms with Gasteiger partial charge in [-0.15, -0.1) is 0 Å². The van der Waals surface area contributed by atoms with Gasteiger partial charge in [-0.3, -0.25) is 0 Å². The van der Waals surface area contributed by atoms with Crippen molar-refractivity contribution in [2.24, 2.45) is 17.3 Å². The minimum Gasteiger partial charge on any atom is -0.493 e. The molecule has 4 atom stereocenters. The van der Waals surface area contributed by atoms with E-state index in [2.05, 4.69) is 65.0 Å². The van der Waals surface area contributed by atoms with E-state index in [0.717, 1.165) is 158 Å². The van der Waals surface area contributed by atoms with Gasteiger partial charge in [-0.2, -0.15) is 5.26 Å². The number of aryl methyl sites for hydroxylation is 2. The third kappa shape index (κ3) is 11.9. The van der Waals surface area contributed by atoms with Crippen molar-refractivity contribution >= 4 is 0 Å². The van der Waals surface area contributed by atoms with E-state index in [-0.39, 0.29) is 30.0 Å². The highest BCUT2D eigenvalue weighted by Crippen LogP contribution is 2.44. The van der Waals surface area contributed by atoms with Gasteiger partial charge in [-0.1, -0.05) is 64.5 Å². The Bertz CT molecular complexity index is 2060. The van der Waals surface area contributed by atoms with Gasteiger partial charge >= 0.3 is 0 Å². The Morgan fingerprint density at radius 3 is 2.60 bits per heavy atom. The molecule has 0 radical (unpaired) electrons. The lowest BCUT2D eigenvalue weighted by Crippen LogP contribution is -2.16. The molecule has 3 aromatic rings. The highest BCUT2D eigenvalue weighted by molar-refractivity contribution is 5.75. The van der Waals surface area contributed by atoms with Gasteiger partial charge in [-0.25, -0.2) is 4.39 Å². The molecule has 0 spiro atoms. The van der Waals surface area contributed by atoms with Crippen LogP contribution >= 0.6 is 0 Å². The van der Waals surface area contributed by atoms with Crippen LogP contribution in [0, 0.1) is 41.3 Å². The summed E-state index contributed by atoms with van der Waals surface area (Å²) < 4.78 is 35.6. The van der Waals surface area contributed by atoms with Crippen molar-refractivity contribution in [3.05, 3.63) is 112 Å². The molecule has 2 N–H and O–H groups in total. The molecule has 0 bridgehead atoms. The SMILES string of the molecule is CCc1c(OCCCC(C)C2CCC(O)C2)cccc1-c1cc(F)cc2c1CCC2Oc1cc(OCC2=C/C(C#N)=C\CCCC=C2)c(CCCCC(C)(C)CO)cc1C. The normalized spacial score (nSPS) is 20.6. The minimum absolute atomic E-state index is 0.111. The van der Waals surface area contributed by atoms with Gasteiger partial charge in [0, 0.05) is 23.8 Å². The van der Waals surface area contributed by atoms with Gasteiger partial charge in [0.1, 0.15) is 35.8 Å². The predicted molar refractivity (Wildman–Crippen MR) is 240 cm³/mol. The molecule has 0 saturated heterocycles. The van der Waals surface area contributed by atoms with Crippen LogP contribution in [0.15, 0.2) is 77.9 Å². The maximum atomic E-state index is 15.7. The van der Waals surface area contributed by atoms with E-state index < -0.39 is 0 Å². The molecule has 322 valence electrons. The Labute approximate surface area is 359 Å². The van der Waals surface area contributed by atoms with Gasteiger partial charge in [-0.05, 0) is 183 Å². The summed E-state index contributed by atoms with van der Waals surface area (Å²) in [7, 11) is 0. The van der Waals surface area contributed by atoms with Crippen LogP contribution < -0.4 is 14.2 Å². The van der Waals surface area contributed by atoms with Crippen molar-refractivity contribution in [2.75, 3.05) is 19.8 Å². The second kappa shape index (κ2) is 21.4. The van der Waals surface area contributed by atoms with Gasteiger partial charge in [0.2, 0.25) is 0 Å². The molecule has 0 aliphatic heterocycles. The van der Waals surface area contributed by atoms with Crippen LogP contribution in [-0.4, -0.2) is 36.1 Å². The number of halogens is 1. The van der Waals surface area contributed by atoms with E-state index in [9.17, 15) is 15.5 Å². The zero-order chi connectivity index (χ0) is 42.6. The van der Waals surface area contributed by atoms with Crippen LogP contribution in [0.4, 0.5) is 4.39 Å². The molecule has 1 fully saturated rings. The van der Waals surface area contributed by atoms with Crippen molar-refractivity contribution in [3.63, 3.8) is 0 Å². The quantitative estimate of drug-likeness (QED) is 0.117. The Morgan fingerprint density at radius 1 is 0.983 bits per heavy atom. The van der Waals surface area contributed by atoms with E-state index >= 15 is 4.39 Å². The number of benzene rings is 3. The molecule has 60 heavy (non-hydrogen) atoms. The summed E-state index contributed by atoms with van der Waals surface area (Å²) in [5.74, 6) is 3.23. The largest absolute Gasteiger partial charge is 0.493 e. The Morgan fingerprint density at radius 2 is 1.83 bits per heavy atom. The summed E-state index contributed by atoms with van der Waals surface area (Å²) in [6.45, 7) is 11.8. The van der Waals surface area contributed by atoms with Gasteiger partial charge < -0.3 is 24.4 Å². The fourth-order valence-electron chi connectivity index (χ4n) is 9.37. The van der Waals surface area contributed by atoms with E-state index in [1.807, 2.05) is 30.4 Å². The third-order valence-corrected chi connectivity index (χ3v) is 13.1. The minimum atomic E-state index is -0.316. The van der Waals surface area contributed by atoms with Crippen molar-refractivity contribution in [1.82, 2.24) is 0 Å². The second-order valence-corrected chi connectivity index (χ2v) is 18.4. The lowest BCUT2D eigenvalue weighted by molar-refractivity contribution is 0.147. The van der Waals surface area contributed by atoms with Gasteiger partial charge in [0.05, 0.1) is 18.8 Å². The first kappa shape index (κ1) is 45.2. The molecular formula is C53H68FNO5. The predicted octanol–water partition coefficient (Wildman–Crippen LogP) is 12.6. The van der Waals surface area contributed by atoms with Crippen molar-refractivity contribution in [1.29, 1.82) is 5.26 Å². The van der Waals surface area contributed by atoms with E-state index in [1.165, 1.54) is 0 Å². The molecule has 3 aliphatic rings. The fraction of sp³-hybridized carbons (Fsp3) is 0.528. The average molecular weight is 818 g/mol. The van der Waals surface area contributed by atoms with E-state index in [4.69, 9.17) is 14.2 Å². The third-order valence-electron chi connectivity index (χ3n) is 13.1. The number of aliphatic hydroxyl groups excluding tert-OH is 2. The first-order chi connectivity index (χ1) is 29.0. The van der Waals surface area contributed by atoms with Gasteiger partial charge in [0.15, 0.2) is 0 Å². The lowest BCUT2D eigenvalue weighted by Gasteiger charge is -2.22. The standard InChI is InChI=1S/C53H68FNO5/c1-6-44-45(19-13-20-49(44)58-26-14-15-36(2)40-21-22-43(57)29-40)47-30-42(54)31-48-46(47)23-24-50(48)60-51-32-52(41(27-37(51)3)18-11-12-25-53(4,5)35-56)59-34-39-17-10-8-7-9-16-38(28-39)33-55/h10,13,16-17,19-20,27-28,30-32,36,40,43,50,56-57H,6-9,11-12,14-15,18,21-26,29,34-35H2,1-5H3/b17-10?,38-16+,39-28?. The molecule has 0 heterocycles. The smallest absolute Gasteiger partial charge is 0.126 e. The summed E-state index contributed by atoms with van der Waals surface area (Å²) in [5, 5.41) is 29.5. The van der Waals surface area contributed by atoms with Gasteiger partial charge in [0.25, 0.3) is 0 Å². The molecule has 4 unspecified atom stereocenters. The maximum Gasteiger partial charge on any atom is 0.126 e. The van der Waals surface area contributed by atoms with Crippen LogP contribution in [0.3, 0.4) is 0 Å². The Balaban J connectivity index is 1.21. The first-order valence-corrected chi connectivity index (χ1v) is 22.7. The second-order valence-electron chi connectivity index (χ2n) is 18.4. The highest BCUT2D eigenvalue weighted by atomic mass is 19.1. The number of nitrogens with zero attached hydrogens (tertiary/aromatic N) is 1. The molecule has 0 aromatic heterocycles. The van der Waals surface area contributed by atoms with E-state index in [0.29, 0.717) is 30.6 Å². The Kier molecular flexibility index (Phi) is 16.1. The topological polar surface area (TPSA) is 91.9 Å². The number of rotatable bonds is 19. The fourth-order valence-corrected chi connectivity index (χ4v) is 9.37. The van der Waals surface area contributed by atoms with Crippen molar-refractivity contribution < 1.29 is 28.8 Å². The molecule has 6 rings (SSSR count). The van der Waals surface area contributed by atoms with Crippen LogP contribution in [0.2, 0.25) is 0 Å².